The van der Waals surface area contributed by atoms with E-state index in [0.717, 1.165) is 36.7 Å². The van der Waals surface area contributed by atoms with Gasteiger partial charge in [0, 0.05) is 19.6 Å². The standard InChI is InChI=1S/C11H22N4O/c1-4-6-14(7-8-16)11-10(12)9(3)13-15(11)5-2/h16H,4-8,12H2,1-3H3. The Morgan fingerprint density at radius 1 is 1.38 bits per heavy atom. The summed E-state index contributed by atoms with van der Waals surface area (Å²) in [6.07, 6.45) is 1.02. The van der Waals surface area contributed by atoms with Crippen LogP contribution >= 0.6 is 0 Å². The van der Waals surface area contributed by atoms with Crippen molar-refractivity contribution in [3.05, 3.63) is 5.69 Å². The highest BCUT2D eigenvalue weighted by Crippen LogP contribution is 2.26. The Labute approximate surface area is 96.9 Å². The first kappa shape index (κ1) is 12.8. The molecule has 3 N–H and O–H groups in total. The highest BCUT2D eigenvalue weighted by Gasteiger charge is 2.17. The van der Waals surface area contributed by atoms with Gasteiger partial charge in [-0.05, 0) is 20.3 Å². The van der Waals surface area contributed by atoms with Gasteiger partial charge in [-0.1, -0.05) is 6.92 Å². The summed E-state index contributed by atoms with van der Waals surface area (Å²) in [6, 6.07) is 0. The lowest BCUT2D eigenvalue weighted by Gasteiger charge is -2.24. The van der Waals surface area contributed by atoms with Gasteiger partial charge in [-0.3, -0.25) is 0 Å². The van der Waals surface area contributed by atoms with E-state index < -0.39 is 0 Å². The zero-order chi connectivity index (χ0) is 12.1. The molecule has 0 saturated heterocycles. The molecule has 0 unspecified atom stereocenters. The van der Waals surface area contributed by atoms with Crippen molar-refractivity contribution in [2.45, 2.75) is 33.7 Å². The van der Waals surface area contributed by atoms with E-state index in [-0.39, 0.29) is 6.61 Å². The number of aliphatic hydroxyl groups is 1. The summed E-state index contributed by atoms with van der Waals surface area (Å²) in [5, 5.41) is 13.5. The smallest absolute Gasteiger partial charge is 0.150 e. The number of nitrogen functional groups attached to an aromatic ring is 1. The molecule has 0 fully saturated rings. The number of hydrogen-bond donors (Lipinski definition) is 2. The van der Waals surface area contributed by atoms with E-state index in [4.69, 9.17) is 10.8 Å². The lowest BCUT2D eigenvalue weighted by Crippen LogP contribution is -2.30. The van der Waals surface area contributed by atoms with E-state index in [2.05, 4.69) is 16.9 Å². The first-order valence-corrected chi connectivity index (χ1v) is 5.84. The van der Waals surface area contributed by atoms with Gasteiger partial charge in [0.25, 0.3) is 0 Å². The lowest BCUT2D eigenvalue weighted by atomic mass is 10.3. The van der Waals surface area contributed by atoms with E-state index in [1.54, 1.807) is 0 Å². The normalized spacial score (nSPS) is 10.8. The summed E-state index contributed by atoms with van der Waals surface area (Å²) < 4.78 is 1.90. The van der Waals surface area contributed by atoms with Crippen molar-refractivity contribution in [2.75, 3.05) is 30.3 Å². The second-order valence-electron chi connectivity index (χ2n) is 3.85. The molecule has 5 heteroatoms. The third kappa shape index (κ3) is 2.47. The van der Waals surface area contributed by atoms with Crippen molar-refractivity contribution in [3.8, 4) is 0 Å². The van der Waals surface area contributed by atoms with Crippen molar-refractivity contribution < 1.29 is 5.11 Å². The minimum absolute atomic E-state index is 0.132. The molecule has 0 aliphatic rings. The van der Waals surface area contributed by atoms with E-state index in [0.29, 0.717) is 6.54 Å². The van der Waals surface area contributed by atoms with Crippen LogP contribution in [0, 0.1) is 6.92 Å². The fraction of sp³-hybridized carbons (Fsp3) is 0.727. The predicted molar refractivity (Wildman–Crippen MR) is 66.6 cm³/mol. The van der Waals surface area contributed by atoms with E-state index in [1.165, 1.54) is 0 Å². The maximum atomic E-state index is 9.07. The molecule has 0 aliphatic heterocycles. The van der Waals surface area contributed by atoms with Crippen LogP contribution in [-0.2, 0) is 6.54 Å². The molecule has 92 valence electrons. The largest absolute Gasteiger partial charge is 0.395 e. The molecule has 1 aromatic heterocycles. The van der Waals surface area contributed by atoms with Gasteiger partial charge in [0.1, 0.15) is 0 Å². The number of aryl methyl sites for hydroxylation is 2. The minimum atomic E-state index is 0.132. The number of nitrogens with zero attached hydrogens (tertiary/aromatic N) is 3. The minimum Gasteiger partial charge on any atom is -0.395 e. The first-order chi connectivity index (χ1) is 7.65. The SMILES string of the molecule is CCCN(CCO)c1c(N)c(C)nn1CC. The van der Waals surface area contributed by atoms with Gasteiger partial charge in [-0.2, -0.15) is 5.10 Å². The molecular weight excluding hydrogens is 204 g/mol. The molecule has 0 radical (unpaired) electrons. The molecule has 0 saturated carbocycles. The van der Waals surface area contributed by atoms with Crippen LogP contribution in [0.2, 0.25) is 0 Å². The molecule has 0 atom stereocenters. The quantitative estimate of drug-likeness (QED) is 0.759. The zero-order valence-electron chi connectivity index (χ0n) is 10.4. The summed E-state index contributed by atoms with van der Waals surface area (Å²) in [5.74, 6) is 0.941. The molecule has 0 aromatic carbocycles. The van der Waals surface area contributed by atoms with E-state index in [9.17, 15) is 0 Å². The third-order valence-corrected chi connectivity index (χ3v) is 2.61. The summed E-state index contributed by atoms with van der Waals surface area (Å²) in [4.78, 5) is 2.10. The summed E-state index contributed by atoms with van der Waals surface area (Å²) in [7, 11) is 0. The van der Waals surface area contributed by atoms with Gasteiger partial charge < -0.3 is 15.7 Å². The Morgan fingerprint density at radius 2 is 2.06 bits per heavy atom. The molecule has 1 heterocycles. The second kappa shape index (κ2) is 5.75. The Kier molecular flexibility index (Phi) is 4.61. The maximum Gasteiger partial charge on any atom is 0.150 e. The lowest BCUT2D eigenvalue weighted by molar-refractivity contribution is 0.301. The van der Waals surface area contributed by atoms with Crippen molar-refractivity contribution >= 4 is 11.5 Å². The van der Waals surface area contributed by atoms with Crippen LogP contribution in [0.5, 0.6) is 0 Å². The monoisotopic (exact) mass is 226 g/mol. The molecule has 0 bridgehead atoms. The number of aliphatic hydroxyl groups excluding tert-OH is 1. The number of aromatic nitrogens is 2. The van der Waals surface area contributed by atoms with Crippen LogP contribution < -0.4 is 10.6 Å². The molecule has 0 aliphatic carbocycles. The number of anilines is 2. The molecular formula is C11H22N4O. The van der Waals surface area contributed by atoms with Gasteiger partial charge in [0.15, 0.2) is 5.82 Å². The van der Waals surface area contributed by atoms with Crippen LogP contribution in [-0.4, -0.2) is 34.6 Å². The second-order valence-corrected chi connectivity index (χ2v) is 3.85. The topological polar surface area (TPSA) is 67.3 Å². The Hall–Kier alpha value is -1.23. The fourth-order valence-corrected chi connectivity index (χ4v) is 1.85. The Balaban J connectivity index is 3.05. The highest BCUT2D eigenvalue weighted by atomic mass is 16.3. The maximum absolute atomic E-state index is 9.07. The van der Waals surface area contributed by atoms with Gasteiger partial charge in [0.05, 0.1) is 18.0 Å². The third-order valence-electron chi connectivity index (χ3n) is 2.61. The molecule has 16 heavy (non-hydrogen) atoms. The zero-order valence-corrected chi connectivity index (χ0v) is 10.4. The van der Waals surface area contributed by atoms with Crippen LogP contribution in [0.15, 0.2) is 0 Å². The first-order valence-electron chi connectivity index (χ1n) is 5.84. The van der Waals surface area contributed by atoms with E-state index in [1.807, 2.05) is 18.5 Å². The van der Waals surface area contributed by atoms with Gasteiger partial charge >= 0.3 is 0 Å². The molecule has 0 amide bonds. The van der Waals surface area contributed by atoms with Crippen LogP contribution in [0.25, 0.3) is 0 Å². The fourth-order valence-electron chi connectivity index (χ4n) is 1.85. The molecule has 5 nitrogen and oxygen atoms in total. The van der Waals surface area contributed by atoms with Crippen LogP contribution in [0.3, 0.4) is 0 Å². The average Bonchev–Trinajstić information content (AvgIpc) is 2.55. The van der Waals surface area contributed by atoms with Crippen molar-refractivity contribution in [3.63, 3.8) is 0 Å². The number of rotatable bonds is 6. The predicted octanol–water partition coefficient (Wildman–Crippen LogP) is 1.00. The highest BCUT2D eigenvalue weighted by molar-refractivity contribution is 5.66. The summed E-state index contributed by atoms with van der Waals surface area (Å²) in [5.41, 5.74) is 7.62. The molecule has 0 spiro atoms. The van der Waals surface area contributed by atoms with Crippen LogP contribution in [0.1, 0.15) is 26.0 Å². The number of nitrogens with two attached hydrogens (primary N) is 1. The van der Waals surface area contributed by atoms with Crippen molar-refractivity contribution in [1.82, 2.24) is 9.78 Å². The van der Waals surface area contributed by atoms with Gasteiger partial charge in [-0.15, -0.1) is 0 Å². The van der Waals surface area contributed by atoms with Crippen molar-refractivity contribution in [2.24, 2.45) is 0 Å². The molecule has 1 aromatic rings. The Morgan fingerprint density at radius 3 is 2.56 bits per heavy atom. The van der Waals surface area contributed by atoms with Crippen LogP contribution in [0.4, 0.5) is 11.5 Å². The van der Waals surface area contributed by atoms with Crippen molar-refractivity contribution in [1.29, 1.82) is 0 Å². The summed E-state index contributed by atoms with van der Waals surface area (Å²) in [6.45, 7) is 8.47. The number of hydrogen-bond acceptors (Lipinski definition) is 4. The average molecular weight is 226 g/mol. The van der Waals surface area contributed by atoms with E-state index >= 15 is 0 Å². The Bertz CT molecular complexity index is 329. The molecule has 1 rings (SSSR count). The summed E-state index contributed by atoms with van der Waals surface area (Å²) >= 11 is 0. The van der Waals surface area contributed by atoms with Gasteiger partial charge in [-0.25, -0.2) is 4.68 Å². The van der Waals surface area contributed by atoms with Gasteiger partial charge in [0.2, 0.25) is 0 Å².